The van der Waals surface area contributed by atoms with Crippen LogP contribution in [0.2, 0.25) is 10.3 Å². The smallest absolute Gasteiger partial charge is 0.358 e. The highest BCUT2D eigenvalue weighted by Crippen LogP contribution is 2.02. The average Bonchev–Trinajstić information content (AvgIpc) is 2.49. The Morgan fingerprint density at radius 3 is 2.10 bits per heavy atom. The number of carbonyl (C=O) groups excluding carboxylic acids is 1. The highest BCUT2D eigenvalue weighted by atomic mass is 35.5. The van der Waals surface area contributed by atoms with Crippen LogP contribution < -0.4 is 0 Å². The number of hydrogen-bond donors (Lipinski definition) is 1. The zero-order valence-corrected chi connectivity index (χ0v) is 11.8. The van der Waals surface area contributed by atoms with Gasteiger partial charge in [-0.1, -0.05) is 23.2 Å². The summed E-state index contributed by atoms with van der Waals surface area (Å²) in [6.45, 7) is -0.0931. The van der Waals surface area contributed by atoms with E-state index in [0.717, 1.165) is 0 Å². The third-order valence-corrected chi connectivity index (χ3v) is 2.28. The number of aliphatic hydroxyl groups excluding tert-OH is 1. The Labute approximate surface area is 124 Å². The second-order valence-electron chi connectivity index (χ2n) is 3.24. The van der Waals surface area contributed by atoms with Crippen molar-refractivity contribution in [2.24, 2.45) is 0 Å². The van der Waals surface area contributed by atoms with Gasteiger partial charge in [-0.3, -0.25) is 0 Å². The van der Waals surface area contributed by atoms with Crippen LogP contribution in [0.5, 0.6) is 0 Å². The van der Waals surface area contributed by atoms with Crippen molar-refractivity contribution in [2.45, 2.75) is 6.61 Å². The molecule has 7 nitrogen and oxygen atoms in total. The highest BCUT2D eigenvalue weighted by Gasteiger charge is 2.05. The molecule has 0 saturated heterocycles. The van der Waals surface area contributed by atoms with Gasteiger partial charge in [-0.2, -0.15) is 5.10 Å². The predicted molar refractivity (Wildman–Crippen MR) is 71.3 cm³/mol. The summed E-state index contributed by atoms with van der Waals surface area (Å²) in [6, 6.07) is 6.12. The number of aromatic nitrogens is 4. The van der Waals surface area contributed by atoms with Crippen molar-refractivity contribution in [3.8, 4) is 0 Å². The van der Waals surface area contributed by atoms with E-state index in [2.05, 4.69) is 25.1 Å². The number of esters is 1. The van der Waals surface area contributed by atoms with Gasteiger partial charge in [-0.05, 0) is 24.3 Å². The van der Waals surface area contributed by atoms with Crippen LogP contribution in [0.25, 0.3) is 0 Å². The Kier molecular flexibility index (Phi) is 6.78. The molecule has 0 aliphatic heterocycles. The quantitative estimate of drug-likeness (QED) is 0.839. The van der Waals surface area contributed by atoms with E-state index in [4.69, 9.17) is 28.3 Å². The van der Waals surface area contributed by atoms with Gasteiger partial charge in [0.2, 0.25) is 0 Å². The van der Waals surface area contributed by atoms with E-state index in [0.29, 0.717) is 10.8 Å². The Morgan fingerprint density at radius 2 is 1.70 bits per heavy atom. The summed E-state index contributed by atoms with van der Waals surface area (Å²) < 4.78 is 4.39. The number of halogens is 2. The molecule has 1 N–H and O–H groups in total. The molecule has 0 saturated carbocycles. The summed E-state index contributed by atoms with van der Waals surface area (Å²) in [5.41, 5.74) is 0.677. The predicted octanol–water partition coefficient (Wildman–Crippen LogP) is 1.54. The van der Waals surface area contributed by atoms with Gasteiger partial charge in [0.25, 0.3) is 0 Å². The van der Waals surface area contributed by atoms with Crippen LogP contribution in [-0.4, -0.2) is 38.6 Å². The lowest BCUT2D eigenvalue weighted by Crippen LogP contribution is -2.04. The molecular weight excluding hydrogens is 307 g/mol. The molecule has 0 radical (unpaired) electrons. The van der Waals surface area contributed by atoms with Crippen LogP contribution in [0, 0.1) is 0 Å². The van der Waals surface area contributed by atoms with Gasteiger partial charge < -0.3 is 9.84 Å². The van der Waals surface area contributed by atoms with Crippen LogP contribution in [0.3, 0.4) is 0 Å². The van der Waals surface area contributed by atoms with Gasteiger partial charge >= 0.3 is 5.97 Å². The fourth-order valence-electron chi connectivity index (χ4n) is 0.957. The lowest BCUT2D eigenvalue weighted by molar-refractivity contribution is 0.0592. The molecule has 2 heterocycles. The first-order valence-electron chi connectivity index (χ1n) is 5.23. The largest absolute Gasteiger partial charge is 0.464 e. The highest BCUT2D eigenvalue weighted by molar-refractivity contribution is 6.29. The van der Waals surface area contributed by atoms with Crippen LogP contribution in [0.1, 0.15) is 16.2 Å². The Morgan fingerprint density at radius 1 is 1.10 bits per heavy atom. The Balaban J connectivity index is 0.000000204. The summed E-state index contributed by atoms with van der Waals surface area (Å²) >= 11 is 10.8. The summed E-state index contributed by atoms with van der Waals surface area (Å²) in [5.74, 6) is -0.519. The molecule has 0 fully saturated rings. The number of carbonyl (C=O) groups is 1. The summed E-state index contributed by atoms with van der Waals surface area (Å²) in [6.07, 6.45) is 0. The maximum Gasteiger partial charge on any atom is 0.358 e. The third kappa shape index (κ3) is 5.43. The summed E-state index contributed by atoms with van der Waals surface area (Å²) in [5, 5.41) is 23.1. The first-order valence-corrected chi connectivity index (χ1v) is 5.99. The number of hydrogen-bond acceptors (Lipinski definition) is 7. The fraction of sp³-hybridized carbons (Fsp3) is 0.182. The monoisotopic (exact) mass is 316 g/mol. The van der Waals surface area contributed by atoms with Crippen molar-refractivity contribution in [1.29, 1.82) is 0 Å². The van der Waals surface area contributed by atoms with Crippen LogP contribution in [0.4, 0.5) is 0 Å². The van der Waals surface area contributed by atoms with Crippen LogP contribution in [0.15, 0.2) is 24.3 Å². The fourth-order valence-corrected chi connectivity index (χ4v) is 1.16. The van der Waals surface area contributed by atoms with E-state index in [-0.39, 0.29) is 17.5 Å². The van der Waals surface area contributed by atoms with E-state index < -0.39 is 5.97 Å². The maximum absolute atomic E-state index is 10.8. The van der Waals surface area contributed by atoms with E-state index >= 15 is 0 Å². The molecule has 2 aromatic heterocycles. The molecule has 0 bridgehead atoms. The zero-order chi connectivity index (χ0) is 15.0. The van der Waals surface area contributed by atoms with Crippen molar-refractivity contribution in [3.05, 3.63) is 46.0 Å². The lowest BCUT2D eigenvalue weighted by Gasteiger charge is -1.94. The zero-order valence-electron chi connectivity index (χ0n) is 10.3. The van der Waals surface area contributed by atoms with E-state index in [1.165, 1.54) is 19.2 Å². The van der Waals surface area contributed by atoms with Gasteiger partial charge in [0, 0.05) is 0 Å². The van der Waals surface area contributed by atoms with Crippen molar-refractivity contribution in [3.63, 3.8) is 0 Å². The number of methoxy groups -OCH3 is 1. The molecule has 0 aromatic carbocycles. The summed E-state index contributed by atoms with van der Waals surface area (Å²) in [4.78, 5) is 10.8. The van der Waals surface area contributed by atoms with Gasteiger partial charge in [-0.15, -0.1) is 15.3 Å². The minimum Gasteiger partial charge on any atom is -0.464 e. The number of nitrogens with zero attached hydrogens (tertiary/aromatic N) is 4. The minimum atomic E-state index is -0.519. The van der Waals surface area contributed by atoms with E-state index in [1.54, 1.807) is 12.1 Å². The van der Waals surface area contributed by atoms with Crippen molar-refractivity contribution >= 4 is 29.2 Å². The Bertz CT molecular complexity index is 549. The SMILES string of the molecule is COC(=O)c1ccc(Cl)nn1.OCc1ccc(Cl)nn1. The molecule has 106 valence electrons. The normalized spacial score (nSPS) is 9.40. The topological polar surface area (TPSA) is 98.1 Å². The number of ether oxygens (including phenoxy) is 1. The summed E-state index contributed by atoms with van der Waals surface area (Å²) in [7, 11) is 1.28. The molecule has 9 heteroatoms. The van der Waals surface area contributed by atoms with Crippen molar-refractivity contribution in [1.82, 2.24) is 20.4 Å². The standard InChI is InChI=1S/C6H5ClN2O2.C5H5ClN2O/c1-11-6(10)4-2-3-5(7)9-8-4;6-5-2-1-4(3-9)7-8-5/h2-3H,1H3;1-2,9H,3H2. The van der Waals surface area contributed by atoms with Crippen molar-refractivity contribution in [2.75, 3.05) is 7.11 Å². The van der Waals surface area contributed by atoms with E-state index in [1.807, 2.05) is 0 Å². The van der Waals surface area contributed by atoms with Crippen LogP contribution in [-0.2, 0) is 11.3 Å². The van der Waals surface area contributed by atoms with E-state index in [9.17, 15) is 4.79 Å². The first kappa shape index (κ1) is 16.2. The van der Waals surface area contributed by atoms with Gasteiger partial charge in [-0.25, -0.2) is 4.79 Å². The van der Waals surface area contributed by atoms with Gasteiger partial charge in [0.15, 0.2) is 16.0 Å². The number of rotatable bonds is 2. The van der Waals surface area contributed by atoms with Crippen molar-refractivity contribution < 1.29 is 14.6 Å². The molecular formula is C11H10Cl2N4O3. The molecule has 20 heavy (non-hydrogen) atoms. The Hall–Kier alpha value is -1.83. The molecule has 2 rings (SSSR count). The molecule has 0 aliphatic carbocycles. The molecule has 0 aliphatic rings. The molecule has 0 amide bonds. The van der Waals surface area contributed by atoms with Gasteiger partial charge in [0.05, 0.1) is 19.4 Å². The first-order chi connectivity index (χ1) is 9.56. The molecule has 0 atom stereocenters. The molecule has 2 aromatic rings. The van der Waals surface area contributed by atoms with Crippen LogP contribution >= 0.6 is 23.2 Å². The molecule has 0 unspecified atom stereocenters. The van der Waals surface area contributed by atoms with Gasteiger partial charge in [0.1, 0.15) is 0 Å². The molecule has 0 spiro atoms. The second kappa shape index (κ2) is 8.36. The minimum absolute atomic E-state index is 0.0931. The maximum atomic E-state index is 10.8. The lowest BCUT2D eigenvalue weighted by atomic mass is 10.4. The number of aliphatic hydroxyl groups is 1. The third-order valence-electron chi connectivity index (χ3n) is 1.88. The second-order valence-corrected chi connectivity index (χ2v) is 4.01. The average molecular weight is 317 g/mol.